The van der Waals surface area contributed by atoms with E-state index in [-0.39, 0.29) is 11.3 Å². The lowest BCUT2D eigenvalue weighted by atomic mass is 10.1. The number of carbonyl (C=O) groups excluding carboxylic acids is 1. The minimum absolute atomic E-state index is 0.0247. The summed E-state index contributed by atoms with van der Waals surface area (Å²) >= 11 is 0. The van der Waals surface area contributed by atoms with E-state index in [0.29, 0.717) is 6.61 Å². The Balaban J connectivity index is 3.11. The summed E-state index contributed by atoms with van der Waals surface area (Å²) in [7, 11) is 0. The van der Waals surface area contributed by atoms with Gasteiger partial charge in [0.05, 0.1) is 12.3 Å². The summed E-state index contributed by atoms with van der Waals surface area (Å²) < 4.78 is 5.38. The topological polar surface area (TPSA) is 53.0 Å². The summed E-state index contributed by atoms with van der Waals surface area (Å²) in [6.45, 7) is 14.0. The molecule has 0 atom stereocenters. The molecule has 0 aliphatic heterocycles. The van der Waals surface area contributed by atoms with Crippen molar-refractivity contribution in [2.45, 2.75) is 60.3 Å². The molecule has 1 N–H and O–H groups in total. The summed E-state index contributed by atoms with van der Waals surface area (Å²) in [6, 6.07) is 3.61. The van der Waals surface area contributed by atoms with Gasteiger partial charge in [0, 0.05) is 26.2 Å². The Hall–Kier alpha value is -1.91. The number of carbonyl (C=O) groups is 1. The highest BCUT2D eigenvalue weighted by Crippen LogP contribution is 2.40. The molecule has 1 rings (SSSR count). The van der Waals surface area contributed by atoms with Crippen LogP contribution in [0.15, 0.2) is 12.1 Å². The van der Waals surface area contributed by atoms with E-state index < -0.39 is 5.97 Å². The number of rotatable bonds is 12. The zero-order valence-electron chi connectivity index (χ0n) is 17.2. The molecule has 0 saturated heterocycles. The minimum atomic E-state index is -0.446. The molecule has 0 aliphatic carbocycles. The lowest BCUT2D eigenvalue weighted by Gasteiger charge is -2.31. The number of anilines is 2. The van der Waals surface area contributed by atoms with E-state index in [1.165, 1.54) is 0 Å². The molecule has 0 spiro atoms. The largest absolute Gasteiger partial charge is 0.505 e. The molecule has 0 radical (unpaired) electrons. The maximum absolute atomic E-state index is 12.5. The number of esters is 1. The number of aromatic hydroxyl groups is 1. The molecular weight excluding hydrogens is 328 g/mol. The standard InChI is InChI=1S/C21H36N2O3/c1-6-11-12-13-16-26-21(25)17-14-15-18(22(7-2)8-3)19(20(17)24)23(9-4)10-5/h14-15,24H,6-13,16H2,1-5H3. The molecule has 148 valence electrons. The van der Waals surface area contributed by atoms with Crippen LogP contribution in [0, 0.1) is 0 Å². The molecule has 0 amide bonds. The molecule has 5 nitrogen and oxygen atoms in total. The molecule has 26 heavy (non-hydrogen) atoms. The molecule has 5 heteroatoms. The van der Waals surface area contributed by atoms with E-state index in [4.69, 9.17) is 4.74 Å². The molecule has 0 heterocycles. The molecule has 1 aromatic rings. The maximum Gasteiger partial charge on any atom is 0.341 e. The van der Waals surface area contributed by atoms with Crippen LogP contribution in [0.2, 0.25) is 0 Å². The van der Waals surface area contributed by atoms with E-state index >= 15 is 0 Å². The molecule has 1 aromatic carbocycles. The number of ether oxygens (including phenoxy) is 1. The van der Waals surface area contributed by atoms with Gasteiger partial charge in [0.15, 0.2) is 5.75 Å². The normalized spacial score (nSPS) is 10.7. The Bertz CT molecular complexity index is 552. The van der Waals surface area contributed by atoms with E-state index in [2.05, 4.69) is 30.6 Å². The van der Waals surface area contributed by atoms with Crippen LogP contribution in [0.3, 0.4) is 0 Å². The Labute approximate surface area is 158 Å². The highest BCUT2D eigenvalue weighted by Gasteiger charge is 2.23. The van der Waals surface area contributed by atoms with Gasteiger partial charge in [-0.05, 0) is 46.2 Å². The van der Waals surface area contributed by atoms with Crippen LogP contribution in [0.4, 0.5) is 11.4 Å². The first kappa shape index (κ1) is 22.1. The summed E-state index contributed by atoms with van der Waals surface area (Å²) in [5.74, 6) is -0.421. The summed E-state index contributed by atoms with van der Waals surface area (Å²) in [4.78, 5) is 16.7. The van der Waals surface area contributed by atoms with Crippen molar-refractivity contribution in [1.82, 2.24) is 0 Å². The van der Waals surface area contributed by atoms with E-state index in [1.807, 2.05) is 19.9 Å². The Morgan fingerprint density at radius 2 is 1.54 bits per heavy atom. The van der Waals surface area contributed by atoms with E-state index in [0.717, 1.165) is 63.2 Å². The predicted octanol–water partition coefficient (Wildman–Crippen LogP) is 4.82. The van der Waals surface area contributed by atoms with Crippen LogP contribution in [0.1, 0.15) is 70.7 Å². The summed E-state index contributed by atoms with van der Waals surface area (Å²) in [5, 5.41) is 10.9. The third-order valence-corrected chi connectivity index (χ3v) is 4.76. The van der Waals surface area contributed by atoms with Crippen molar-refractivity contribution in [3.8, 4) is 5.75 Å². The molecule has 0 fully saturated rings. The Morgan fingerprint density at radius 1 is 0.923 bits per heavy atom. The molecule has 0 saturated carbocycles. The zero-order chi connectivity index (χ0) is 19.5. The smallest absolute Gasteiger partial charge is 0.341 e. The van der Waals surface area contributed by atoms with E-state index in [1.54, 1.807) is 6.07 Å². The van der Waals surface area contributed by atoms with Crippen LogP contribution in [-0.4, -0.2) is 43.9 Å². The number of phenolic OH excluding ortho intramolecular Hbond substituents is 1. The average Bonchev–Trinajstić information content (AvgIpc) is 2.65. The average molecular weight is 365 g/mol. The van der Waals surface area contributed by atoms with Gasteiger partial charge in [-0.25, -0.2) is 4.79 Å². The fourth-order valence-electron chi connectivity index (χ4n) is 3.18. The summed E-state index contributed by atoms with van der Waals surface area (Å²) in [6.07, 6.45) is 4.21. The van der Waals surface area contributed by atoms with Crippen molar-refractivity contribution in [2.75, 3.05) is 42.6 Å². The van der Waals surface area contributed by atoms with Gasteiger partial charge in [0.1, 0.15) is 11.3 Å². The number of benzene rings is 1. The Morgan fingerprint density at radius 3 is 2.08 bits per heavy atom. The van der Waals surface area contributed by atoms with Crippen LogP contribution in [0.5, 0.6) is 5.75 Å². The highest BCUT2D eigenvalue weighted by atomic mass is 16.5. The van der Waals surface area contributed by atoms with E-state index in [9.17, 15) is 9.90 Å². The SMILES string of the molecule is CCCCCCOC(=O)c1ccc(N(CC)CC)c(N(CC)CC)c1O. The van der Waals surface area contributed by atoms with Gasteiger partial charge < -0.3 is 19.6 Å². The second-order valence-corrected chi connectivity index (χ2v) is 6.37. The number of phenols is 1. The summed E-state index contributed by atoms with van der Waals surface area (Å²) in [5.41, 5.74) is 1.92. The van der Waals surface area contributed by atoms with Crippen molar-refractivity contribution in [3.05, 3.63) is 17.7 Å². The zero-order valence-corrected chi connectivity index (χ0v) is 17.2. The van der Waals surface area contributed by atoms with Gasteiger partial charge in [0.2, 0.25) is 0 Å². The van der Waals surface area contributed by atoms with Gasteiger partial charge in [-0.3, -0.25) is 0 Å². The van der Waals surface area contributed by atoms with Crippen molar-refractivity contribution in [3.63, 3.8) is 0 Å². The van der Waals surface area contributed by atoms with Gasteiger partial charge in [-0.15, -0.1) is 0 Å². The van der Waals surface area contributed by atoms with Crippen LogP contribution >= 0.6 is 0 Å². The fourth-order valence-corrected chi connectivity index (χ4v) is 3.18. The second kappa shape index (κ2) is 11.7. The quantitative estimate of drug-likeness (QED) is 0.425. The van der Waals surface area contributed by atoms with Gasteiger partial charge in [-0.1, -0.05) is 26.2 Å². The number of unbranched alkanes of at least 4 members (excludes halogenated alkanes) is 3. The van der Waals surface area contributed by atoms with Gasteiger partial charge >= 0.3 is 5.97 Å². The van der Waals surface area contributed by atoms with Crippen molar-refractivity contribution in [2.24, 2.45) is 0 Å². The fraction of sp³-hybridized carbons (Fsp3) is 0.667. The molecule has 0 bridgehead atoms. The van der Waals surface area contributed by atoms with Crippen molar-refractivity contribution >= 4 is 17.3 Å². The highest BCUT2D eigenvalue weighted by molar-refractivity contribution is 5.97. The lowest BCUT2D eigenvalue weighted by molar-refractivity contribution is 0.0494. The first-order valence-electron chi connectivity index (χ1n) is 10.1. The Kier molecular flexibility index (Phi) is 9.92. The van der Waals surface area contributed by atoms with Crippen LogP contribution < -0.4 is 9.80 Å². The first-order valence-corrected chi connectivity index (χ1v) is 10.1. The third kappa shape index (κ3) is 5.55. The molecule has 0 aromatic heterocycles. The van der Waals surface area contributed by atoms with Crippen molar-refractivity contribution in [1.29, 1.82) is 0 Å². The molecule has 0 unspecified atom stereocenters. The van der Waals surface area contributed by atoms with Crippen molar-refractivity contribution < 1.29 is 14.6 Å². The first-order chi connectivity index (χ1) is 12.5. The van der Waals surface area contributed by atoms with Gasteiger partial charge in [0.25, 0.3) is 0 Å². The van der Waals surface area contributed by atoms with Crippen LogP contribution in [-0.2, 0) is 4.74 Å². The maximum atomic E-state index is 12.5. The number of nitrogens with zero attached hydrogens (tertiary/aromatic N) is 2. The third-order valence-electron chi connectivity index (χ3n) is 4.76. The monoisotopic (exact) mass is 364 g/mol. The number of hydrogen-bond acceptors (Lipinski definition) is 5. The molecular formula is C21H36N2O3. The number of hydrogen-bond donors (Lipinski definition) is 1. The van der Waals surface area contributed by atoms with Gasteiger partial charge in [-0.2, -0.15) is 0 Å². The lowest BCUT2D eigenvalue weighted by Crippen LogP contribution is -2.28. The van der Waals surface area contributed by atoms with Crippen LogP contribution in [0.25, 0.3) is 0 Å². The molecule has 0 aliphatic rings. The predicted molar refractivity (Wildman–Crippen MR) is 110 cm³/mol. The second-order valence-electron chi connectivity index (χ2n) is 6.37. The minimum Gasteiger partial charge on any atom is -0.505 e.